The van der Waals surface area contributed by atoms with Gasteiger partial charge in [-0.15, -0.1) is 0 Å². The molecule has 0 aliphatic heterocycles. The highest BCUT2D eigenvalue weighted by Crippen LogP contribution is 2.31. The van der Waals surface area contributed by atoms with E-state index in [-0.39, 0.29) is 17.0 Å². The molecule has 2 aromatic carbocycles. The molecule has 212 valence electrons. The third-order valence-electron chi connectivity index (χ3n) is 6.88. The monoisotopic (exact) mass is 565 g/mol. The molecule has 4 rings (SSSR count). The molecule has 0 spiro atoms. The second-order valence-electron chi connectivity index (χ2n) is 10.5. The summed E-state index contributed by atoms with van der Waals surface area (Å²) >= 11 is 6.25. The molecule has 10 heteroatoms. The second kappa shape index (κ2) is 13.1. The van der Waals surface area contributed by atoms with E-state index in [9.17, 15) is 4.79 Å². The molecule has 4 aromatic rings. The van der Waals surface area contributed by atoms with Gasteiger partial charge in [-0.1, -0.05) is 44.0 Å². The van der Waals surface area contributed by atoms with Crippen LogP contribution < -0.4 is 22.5 Å². The Morgan fingerprint density at radius 2 is 1.90 bits per heavy atom. The average molecular weight is 566 g/mol. The van der Waals surface area contributed by atoms with Gasteiger partial charge in [-0.05, 0) is 80.1 Å². The smallest absolute Gasteiger partial charge is 0.354 e. The lowest BCUT2D eigenvalue weighted by Crippen LogP contribution is -2.24. The fraction of sp³-hybridized carbons (Fsp3) is 0.367. The van der Waals surface area contributed by atoms with Crippen LogP contribution in [0.2, 0.25) is 5.02 Å². The summed E-state index contributed by atoms with van der Waals surface area (Å²) in [4.78, 5) is 24.2. The maximum Gasteiger partial charge on any atom is 0.354 e. The summed E-state index contributed by atoms with van der Waals surface area (Å²) in [6.45, 7) is 7.78. The zero-order chi connectivity index (χ0) is 28.8. The Morgan fingerprint density at radius 3 is 2.60 bits per heavy atom. The number of H-pyrrole nitrogens is 1. The quantitative estimate of drug-likeness (QED) is 0.103. The van der Waals surface area contributed by atoms with Gasteiger partial charge in [-0.2, -0.15) is 4.98 Å². The van der Waals surface area contributed by atoms with Crippen LogP contribution in [0, 0.1) is 11.7 Å². The Labute approximate surface area is 238 Å². The van der Waals surface area contributed by atoms with E-state index in [0.29, 0.717) is 40.4 Å². The third-order valence-corrected chi connectivity index (χ3v) is 7.16. The van der Waals surface area contributed by atoms with Crippen molar-refractivity contribution in [1.29, 1.82) is 0 Å². The number of hydrogen-bond donors (Lipinski definition) is 4. The zero-order valence-electron chi connectivity index (χ0n) is 23.2. The van der Waals surface area contributed by atoms with Crippen molar-refractivity contribution < 1.29 is 4.39 Å². The van der Waals surface area contributed by atoms with Crippen molar-refractivity contribution in [2.45, 2.75) is 52.5 Å². The van der Waals surface area contributed by atoms with Gasteiger partial charge in [-0.3, -0.25) is 9.56 Å². The molecular formula is C30H37ClFN7O. The van der Waals surface area contributed by atoms with Gasteiger partial charge < -0.3 is 21.8 Å². The number of aromatic nitrogens is 3. The van der Waals surface area contributed by atoms with Crippen LogP contribution in [-0.4, -0.2) is 33.6 Å². The van der Waals surface area contributed by atoms with Gasteiger partial charge in [0.2, 0.25) is 0 Å². The number of nitrogens with two attached hydrogens (primary N) is 2. The van der Waals surface area contributed by atoms with Crippen LogP contribution in [0.25, 0.3) is 28.0 Å². The van der Waals surface area contributed by atoms with Crippen molar-refractivity contribution in [3.8, 4) is 16.9 Å². The van der Waals surface area contributed by atoms with Crippen molar-refractivity contribution in [3.63, 3.8) is 0 Å². The van der Waals surface area contributed by atoms with Gasteiger partial charge in [0.1, 0.15) is 5.65 Å². The van der Waals surface area contributed by atoms with Crippen LogP contribution in [0.1, 0.15) is 57.2 Å². The second-order valence-corrected chi connectivity index (χ2v) is 10.9. The predicted molar refractivity (Wildman–Crippen MR) is 162 cm³/mol. The lowest BCUT2D eigenvalue weighted by atomic mass is 10.00. The number of aryl methyl sites for hydroxylation is 1. The number of nitrogens with one attached hydrogen (secondary N) is 2. The van der Waals surface area contributed by atoms with Crippen molar-refractivity contribution in [1.82, 2.24) is 19.9 Å². The number of halogens is 2. The molecule has 2 heterocycles. The molecule has 1 atom stereocenters. The first-order valence-corrected chi connectivity index (χ1v) is 14.0. The molecule has 0 aliphatic carbocycles. The fourth-order valence-corrected chi connectivity index (χ4v) is 4.91. The van der Waals surface area contributed by atoms with Gasteiger partial charge >= 0.3 is 5.69 Å². The number of fused-ring (bicyclic) bond motifs is 1. The van der Waals surface area contributed by atoms with E-state index >= 15 is 4.39 Å². The summed E-state index contributed by atoms with van der Waals surface area (Å²) in [5, 5.41) is 4.21. The topological polar surface area (TPSA) is 127 Å². The maximum atomic E-state index is 15.1. The summed E-state index contributed by atoms with van der Waals surface area (Å²) in [7, 11) is 0. The molecule has 0 unspecified atom stereocenters. The Bertz CT molecular complexity index is 1540. The van der Waals surface area contributed by atoms with Crippen LogP contribution >= 0.6 is 11.6 Å². The van der Waals surface area contributed by atoms with Gasteiger partial charge in [0.05, 0.1) is 16.4 Å². The minimum absolute atomic E-state index is 0.0841. The van der Waals surface area contributed by atoms with Crippen LogP contribution in [0.5, 0.6) is 0 Å². The van der Waals surface area contributed by atoms with E-state index < -0.39 is 11.5 Å². The molecule has 8 nitrogen and oxygen atoms in total. The normalized spacial score (nSPS) is 12.2. The molecule has 6 N–H and O–H groups in total. The number of aliphatic imine (C=N–C) groups is 1. The van der Waals surface area contributed by atoms with Crippen LogP contribution in [-0.2, 0) is 6.42 Å². The van der Waals surface area contributed by atoms with Crippen LogP contribution in [0.3, 0.4) is 0 Å². The van der Waals surface area contributed by atoms with Gasteiger partial charge in [0, 0.05) is 29.7 Å². The lowest BCUT2D eigenvalue weighted by molar-refractivity contribution is 0.555. The summed E-state index contributed by atoms with van der Waals surface area (Å²) in [6.07, 6.45) is 5.44. The maximum absolute atomic E-state index is 15.1. The van der Waals surface area contributed by atoms with Crippen molar-refractivity contribution in [3.05, 3.63) is 81.1 Å². The summed E-state index contributed by atoms with van der Waals surface area (Å²) in [6, 6.07) is 13.2. The molecule has 0 bridgehead atoms. The molecular weight excluding hydrogens is 529 g/mol. The molecule has 2 aromatic heterocycles. The summed E-state index contributed by atoms with van der Waals surface area (Å²) in [5.74, 6) is 0.207. The number of nitrogens with zero attached hydrogens (tertiary/aromatic N) is 3. The van der Waals surface area contributed by atoms with Gasteiger partial charge in [0.15, 0.2) is 11.8 Å². The Morgan fingerprint density at radius 1 is 1.15 bits per heavy atom. The number of benzene rings is 2. The first-order valence-electron chi connectivity index (χ1n) is 13.6. The van der Waals surface area contributed by atoms with E-state index in [1.165, 1.54) is 4.57 Å². The summed E-state index contributed by atoms with van der Waals surface area (Å²) in [5.41, 5.74) is 14.3. The molecule has 0 radical (unpaired) electrons. The highest BCUT2D eigenvalue weighted by molar-refractivity contribution is 6.31. The Balaban J connectivity index is 1.53. The fourth-order valence-electron chi connectivity index (χ4n) is 4.67. The van der Waals surface area contributed by atoms with E-state index in [4.69, 9.17) is 23.1 Å². The first-order chi connectivity index (χ1) is 19.1. The zero-order valence-corrected chi connectivity index (χ0v) is 23.9. The minimum atomic E-state index is -0.495. The Kier molecular flexibility index (Phi) is 9.60. The van der Waals surface area contributed by atoms with Crippen molar-refractivity contribution in [2.75, 3.05) is 13.1 Å². The van der Waals surface area contributed by atoms with Crippen LogP contribution in [0.4, 0.5) is 4.39 Å². The highest BCUT2D eigenvalue weighted by Gasteiger charge is 2.16. The van der Waals surface area contributed by atoms with E-state index in [1.807, 2.05) is 30.3 Å². The van der Waals surface area contributed by atoms with Gasteiger partial charge in [0.25, 0.3) is 0 Å². The minimum Gasteiger partial charge on any atom is -0.370 e. The molecule has 0 saturated heterocycles. The number of rotatable bonds is 12. The standard InChI is InChI=1S/C30H37ClFN7O/c1-18(2)6-4-7-20-14-24(27(32)25(31)15-20)26-16-22-17-39(30(40)38-28(22)37-26)23-10-8-21(9-11-23)19(3)35-12-5-13-36-29(33)34/h8-11,14-19,35H,4-7,12-13H2,1-3H3,(H4,33,34,36)(H,37,38,40)/t19-/m0/s1. The van der Waals surface area contributed by atoms with Crippen molar-refractivity contribution >= 4 is 28.6 Å². The van der Waals surface area contributed by atoms with Gasteiger partial charge in [-0.25, -0.2) is 9.18 Å². The van der Waals surface area contributed by atoms with Crippen LogP contribution in [0.15, 0.2) is 58.4 Å². The Hall–Kier alpha value is -3.69. The molecule has 0 fully saturated rings. The molecule has 40 heavy (non-hydrogen) atoms. The first kappa shape index (κ1) is 29.3. The van der Waals surface area contributed by atoms with Crippen molar-refractivity contribution in [2.24, 2.45) is 22.4 Å². The molecule has 0 aliphatic rings. The number of guanidine groups is 1. The van der Waals surface area contributed by atoms with E-state index in [1.54, 1.807) is 18.3 Å². The largest absolute Gasteiger partial charge is 0.370 e. The molecule has 0 saturated carbocycles. The number of hydrogen-bond acceptors (Lipinski definition) is 4. The third kappa shape index (κ3) is 7.28. The predicted octanol–water partition coefficient (Wildman–Crippen LogP) is 5.47. The number of aromatic amines is 1. The summed E-state index contributed by atoms with van der Waals surface area (Å²) < 4.78 is 16.5. The lowest BCUT2D eigenvalue weighted by Gasteiger charge is -2.15. The molecule has 0 amide bonds. The van der Waals surface area contributed by atoms with E-state index in [0.717, 1.165) is 43.4 Å². The highest BCUT2D eigenvalue weighted by atomic mass is 35.5. The SMILES string of the molecule is CC(C)CCCc1cc(Cl)c(F)c(-c2cc3cn(-c4ccc([C@H](C)NCCCN=C(N)N)cc4)c(=O)nc3[nH]2)c1. The van der Waals surface area contributed by atoms with E-state index in [2.05, 4.69) is 41.0 Å². The average Bonchev–Trinajstić information content (AvgIpc) is 3.32.